The van der Waals surface area contributed by atoms with Crippen molar-refractivity contribution in [2.75, 3.05) is 5.32 Å². The standard InChI is InChI=1S/C16H10Cl2IN3O/c17-11-5-3-6-12(18)15(11)22-9-8-14(21-22)20-16(23)10-4-1-2-7-13(10)19/h1-9H,(H,20,21,23). The molecule has 3 rings (SSSR count). The van der Waals surface area contributed by atoms with Crippen LogP contribution in [0.4, 0.5) is 5.82 Å². The summed E-state index contributed by atoms with van der Waals surface area (Å²) in [6.07, 6.45) is 1.69. The van der Waals surface area contributed by atoms with Gasteiger partial charge in [-0.1, -0.05) is 41.4 Å². The second kappa shape index (κ2) is 6.90. The van der Waals surface area contributed by atoms with Crippen molar-refractivity contribution in [2.45, 2.75) is 0 Å². The number of hydrogen-bond donors (Lipinski definition) is 1. The minimum absolute atomic E-state index is 0.217. The Hall–Kier alpha value is -1.57. The zero-order chi connectivity index (χ0) is 16.4. The molecule has 0 saturated heterocycles. The molecule has 0 fully saturated rings. The fourth-order valence-electron chi connectivity index (χ4n) is 2.05. The van der Waals surface area contributed by atoms with Gasteiger partial charge in [0, 0.05) is 15.8 Å². The van der Waals surface area contributed by atoms with E-state index in [2.05, 4.69) is 33.0 Å². The molecular formula is C16H10Cl2IN3O. The van der Waals surface area contributed by atoms with E-state index in [0.29, 0.717) is 27.1 Å². The minimum Gasteiger partial charge on any atom is -0.305 e. The predicted molar refractivity (Wildman–Crippen MR) is 101 cm³/mol. The highest BCUT2D eigenvalue weighted by Gasteiger charge is 2.13. The van der Waals surface area contributed by atoms with Gasteiger partial charge in [-0.2, -0.15) is 0 Å². The Morgan fingerprint density at radius 2 is 1.74 bits per heavy atom. The second-order valence-corrected chi connectivity index (χ2v) is 6.63. The number of carbonyl (C=O) groups is 1. The van der Waals surface area contributed by atoms with Gasteiger partial charge in [0.25, 0.3) is 5.91 Å². The van der Waals surface area contributed by atoms with Crippen molar-refractivity contribution >= 4 is 57.5 Å². The quantitative estimate of drug-likeness (QED) is 0.560. The molecule has 116 valence electrons. The monoisotopic (exact) mass is 457 g/mol. The van der Waals surface area contributed by atoms with Crippen LogP contribution >= 0.6 is 45.8 Å². The van der Waals surface area contributed by atoms with Crippen molar-refractivity contribution in [3.63, 3.8) is 0 Å². The molecule has 0 unspecified atom stereocenters. The Balaban J connectivity index is 1.86. The number of rotatable bonds is 3. The molecule has 0 spiro atoms. The molecule has 0 aliphatic rings. The van der Waals surface area contributed by atoms with Gasteiger partial charge in [0.05, 0.1) is 15.6 Å². The van der Waals surface area contributed by atoms with Crippen molar-refractivity contribution in [1.29, 1.82) is 0 Å². The van der Waals surface area contributed by atoms with Gasteiger partial charge < -0.3 is 5.32 Å². The van der Waals surface area contributed by atoms with Crippen LogP contribution in [0.5, 0.6) is 0 Å². The van der Waals surface area contributed by atoms with Gasteiger partial charge in [0.2, 0.25) is 0 Å². The molecule has 0 aliphatic heterocycles. The summed E-state index contributed by atoms with van der Waals surface area (Å²) in [5.41, 5.74) is 1.17. The van der Waals surface area contributed by atoms with E-state index in [-0.39, 0.29) is 5.91 Å². The Kier molecular flexibility index (Phi) is 4.89. The van der Waals surface area contributed by atoms with E-state index >= 15 is 0 Å². The average molecular weight is 458 g/mol. The lowest BCUT2D eigenvalue weighted by Gasteiger charge is -2.07. The molecule has 4 nitrogen and oxygen atoms in total. The number of anilines is 1. The molecule has 1 aromatic heterocycles. The van der Waals surface area contributed by atoms with Crippen LogP contribution in [0.25, 0.3) is 5.69 Å². The summed E-state index contributed by atoms with van der Waals surface area (Å²) in [6.45, 7) is 0. The number of hydrogen-bond acceptors (Lipinski definition) is 2. The van der Waals surface area contributed by atoms with Crippen LogP contribution in [0, 0.1) is 3.57 Å². The Bertz CT molecular complexity index is 859. The summed E-state index contributed by atoms with van der Waals surface area (Å²) in [5.74, 6) is 0.205. The Morgan fingerprint density at radius 1 is 1.04 bits per heavy atom. The number of amides is 1. The van der Waals surface area contributed by atoms with Crippen molar-refractivity contribution in [2.24, 2.45) is 0 Å². The molecule has 1 heterocycles. The van der Waals surface area contributed by atoms with Crippen molar-refractivity contribution in [3.05, 3.63) is 73.9 Å². The summed E-state index contributed by atoms with van der Waals surface area (Å²) >= 11 is 14.4. The first-order chi connectivity index (χ1) is 11.1. The van der Waals surface area contributed by atoms with Crippen LogP contribution in [-0.2, 0) is 0 Å². The van der Waals surface area contributed by atoms with Crippen molar-refractivity contribution in [1.82, 2.24) is 9.78 Å². The highest BCUT2D eigenvalue weighted by atomic mass is 127. The fourth-order valence-corrected chi connectivity index (χ4v) is 3.25. The minimum atomic E-state index is -0.217. The van der Waals surface area contributed by atoms with Crippen LogP contribution in [0.3, 0.4) is 0 Å². The van der Waals surface area contributed by atoms with Gasteiger partial charge in [0.15, 0.2) is 5.82 Å². The van der Waals surface area contributed by atoms with Gasteiger partial charge in [0.1, 0.15) is 5.69 Å². The highest BCUT2D eigenvalue weighted by molar-refractivity contribution is 14.1. The van der Waals surface area contributed by atoms with E-state index < -0.39 is 0 Å². The molecule has 0 radical (unpaired) electrons. The third-order valence-electron chi connectivity index (χ3n) is 3.12. The van der Waals surface area contributed by atoms with Gasteiger partial charge in [-0.15, -0.1) is 5.10 Å². The number of aromatic nitrogens is 2. The van der Waals surface area contributed by atoms with Gasteiger partial charge in [-0.25, -0.2) is 4.68 Å². The first kappa shape index (κ1) is 16.3. The maximum atomic E-state index is 12.3. The zero-order valence-electron chi connectivity index (χ0n) is 11.6. The summed E-state index contributed by atoms with van der Waals surface area (Å²) in [4.78, 5) is 12.3. The molecule has 23 heavy (non-hydrogen) atoms. The van der Waals surface area contributed by atoms with E-state index in [1.54, 1.807) is 36.5 Å². The third-order valence-corrected chi connectivity index (χ3v) is 4.67. The molecule has 2 aromatic carbocycles. The summed E-state index contributed by atoms with van der Waals surface area (Å²) in [7, 11) is 0. The number of nitrogens with one attached hydrogen (secondary N) is 1. The van der Waals surface area contributed by atoms with Crippen LogP contribution in [-0.4, -0.2) is 15.7 Å². The van der Waals surface area contributed by atoms with Crippen LogP contribution < -0.4 is 5.32 Å². The summed E-state index contributed by atoms with van der Waals surface area (Å²) in [5, 5.41) is 8.04. The van der Waals surface area contributed by atoms with Crippen molar-refractivity contribution in [3.8, 4) is 5.69 Å². The second-order valence-electron chi connectivity index (χ2n) is 4.65. The smallest absolute Gasteiger partial charge is 0.257 e. The first-order valence-electron chi connectivity index (χ1n) is 6.62. The maximum absolute atomic E-state index is 12.3. The predicted octanol–water partition coefficient (Wildman–Crippen LogP) is 5.04. The molecule has 0 aliphatic carbocycles. The Morgan fingerprint density at radius 3 is 2.43 bits per heavy atom. The molecule has 1 amide bonds. The van der Waals surface area contributed by atoms with Gasteiger partial charge in [-0.3, -0.25) is 4.79 Å². The number of benzene rings is 2. The van der Waals surface area contributed by atoms with Crippen LogP contribution in [0.1, 0.15) is 10.4 Å². The van der Waals surface area contributed by atoms with E-state index in [1.807, 2.05) is 18.2 Å². The lowest BCUT2D eigenvalue weighted by molar-refractivity contribution is 0.102. The molecule has 0 bridgehead atoms. The van der Waals surface area contributed by atoms with Crippen LogP contribution in [0.2, 0.25) is 10.0 Å². The summed E-state index contributed by atoms with van der Waals surface area (Å²) < 4.78 is 2.41. The normalized spacial score (nSPS) is 10.6. The number of nitrogens with zero attached hydrogens (tertiary/aromatic N) is 2. The SMILES string of the molecule is O=C(Nc1ccn(-c2c(Cl)cccc2Cl)n1)c1ccccc1I. The first-order valence-corrected chi connectivity index (χ1v) is 8.45. The molecule has 1 N–H and O–H groups in total. The average Bonchev–Trinajstić information content (AvgIpc) is 2.95. The van der Waals surface area contributed by atoms with Crippen LogP contribution in [0.15, 0.2) is 54.7 Å². The van der Waals surface area contributed by atoms with E-state index in [9.17, 15) is 4.79 Å². The van der Waals surface area contributed by atoms with E-state index in [0.717, 1.165) is 3.57 Å². The van der Waals surface area contributed by atoms with Gasteiger partial charge in [-0.05, 0) is 46.9 Å². The van der Waals surface area contributed by atoms with E-state index in [1.165, 1.54) is 4.68 Å². The fraction of sp³-hybridized carbons (Fsp3) is 0. The third kappa shape index (κ3) is 3.52. The number of halogens is 3. The largest absolute Gasteiger partial charge is 0.305 e. The van der Waals surface area contributed by atoms with E-state index in [4.69, 9.17) is 23.2 Å². The lowest BCUT2D eigenvalue weighted by Crippen LogP contribution is -2.14. The zero-order valence-corrected chi connectivity index (χ0v) is 15.3. The molecular weight excluding hydrogens is 448 g/mol. The van der Waals surface area contributed by atoms with Crippen molar-refractivity contribution < 1.29 is 4.79 Å². The van der Waals surface area contributed by atoms with Gasteiger partial charge >= 0.3 is 0 Å². The Labute approximate surface area is 156 Å². The maximum Gasteiger partial charge on any atom is 0.257 e. The number of para-hydroxylation sites is 1. The highest BCUT2D eigenvalue weighted by Crippen LogP contribution is 2.28. The molecule has 0 saturated carbocycles. The number of carbonyl (C=O) groups excluding carboxylic acids is 1. The molecule has 3 aromatic rings. The summed E-state index contributed by atoms with van der Waals surface area (Å²) in [6, 6.07) is 14.2. The lowest BCUT2D eigenvalue weighted by atomic mass is 10.2. The molecule has 7 heteroatoms. The topological polar surface area (TPSA) is 46.9 Å². The molecule has 0 atom stereocenters.